The molecule has 0 fully saturated rings. The van der Waals surface area contributed by atoms with E-state index < -0.39 is 5.54 Å². The van der Waals surface area contributed by atoms with Crippen molar-refractivity contribution in [3.8, 4) is 0 Å². The fourth-order valence-corrected chi connectivity index (χ4v) is 2.60. The molecule has 0 aliphatic carbocycles. The Morgan fingerprint density at radius 2 is 2.05 bits per heavy atom. The Morgan fingerprint density at radius 1 is 1.30 bits per heavy atom. The number of para-hydroxylation sites is 2. The van der Waals surface area contributed by atoms with E-state index in [0.29, 0.717) is 0 Å². The second kappa shape index (κ2) is 6.37. The van der Waals surface area contributed by atoms with Crippen molar-refractivity contribution in [2.24, 2.45) is 5.73 Å². The van der Waals surface area contributed by atoms with Crippen LogP contribution in [0.5, 0.6) is 0 Å². The van der Waals surface area contributed by atoms with E-state index in [0.717, 1.165) is 43.6 Å². The van der Waals surface area contributed by atoms with Gasteiger partial charge in [0.25, 0.3) is 0 Å². The van der Waals surface area contributed by atoms with E-state index in [1.165, 1.54) is 5.52 Å². The Bertz CT molecular complexity index is 558. The Hall–Kier alpha value is -1.39. The van der Waals surface area contributed by atoms with Gasteiger partial charge in [-0.15, -0.1) is 0 Å². The summed E-state index contributed by atoms with van der Waals surface area (Å²) in [6.45, 7) is 5.11. The lowest BCUT2D eigenvalue weighted by Crippen LogP contribution is -2.43. The first-order valence-electron chi connectivity index (χ1n) is 7.47. The molecule has 0 amide bonds. The Kier molecular flexibility index (Phi) is 4.78. The van der Waals surface area contributed by atoms with Crippen molar-refractivity contribution in [1.82, 2.24) is 9.55 Å². The molecule has 1 unspecified atom stereocenters. The fraction of sp³-hybridized carbons (Fsp3) is 0.562. The van der Waals surface area contributed by atoms with Gasteiger partial charge in [-0.2, -0.15) is 0 Å². The van der Waals surface area contributed by atoms with Crippen LogP contribution >= 0.6 is 0 Å². The molecule has 0 spiro atoms. The lowest BCUT2D eigenvalue weighted by Gasteiger charge is -2.25. The summed E-state index contributed by atoms with van der Waals surface area (Å²) >= 11 is 0. The number of benzene rings is 1. The van der Waals surface area contributed by atoms with Gasteiger partial charge < -0.3 is 15.4 Å². The van der Waals surface area contributed by atoms with E-state index in [1.54, 1.807) is 0 Å². The highest BCUT2D eigenvalue weighted by Crippen LogP contribution is 2.19. The zero-order chi connectivity index (χ0) is 14.6. The van der Waals surface area contributed by atoms with Gasteiger partial charge in [-0.05, 0) is 31.4 Å². The van der Waals surface area contributed by atoms with Crippen molar-refractivity contribution in [3.05, 3.63) is 30.1 Å². The molecule has 0 saturated heterocycles. The van der Waals surface area contributed by atoms with Crippen molar-refractivity contribution in [1.29, 1.82) is 0 Å². The first-order valence-corrected chi connectivity index (χ1v) is 7.47. The van der Waals surface area contributed by atoms with Crippen LogP contribution in [0.15, 0.2) is 24.3 Å². The number of rotatable bonds is 7. The van der Waals surface area contributed by atoms with Crippen LogP contribution in [0.1, 0.15) is 38.9 Å². The summed E-state index contributed by atoms with van der Waals surface area (Å²) in [4.78, 5) is 4.67. The number of hydrogen-bond acceptors (Lipinski definition) is 3. The summed E-state index contributed by atoms with van der Waals surface area (Å²) in [5.74, 6) is 1.12. The minimum atomic E-state index is -0.442. The molecule has 0 radical (unpaired) electrons. The Morgan fingerprint density at radius 3 is 2.70 bits per heavy atom. The van der Waals surface area contributed by atoms with E-state index in [4.69, 9.17) is 5.73 Å². The summed E-state index contributed by atoms with van der Waals surface area (Å²) < 4.78 is 2.28. The number of hydrogen-bond donors (Lipinski definition) is 2. The maximum Gasteiger partial charge on any atom is 0.109 e. The summed E-state index contributed by atoms with van der Waals surface area (Å²) in [6.07, 6.45) is 3.51. The fourth-order valence-electron chi connectivity index (χ4n) is 2.60. The van der Waals surface area contributed by atoms with Crippen LogP contribution in [-0.2, 0) is 13.0 Å². The highest BCUT2D eigenvalue weighted by Gasteiger charge is 2.21. The van der Waals surface area contributed by atoms with Crippen molar-refractivity contribution in [2.75, 3.05) is 6.61 Å². The molecule has 110 valence electrons. The van der Waals surface area contributed by atoms with E-state index >= 15 is 0 Å². The van der Waals surface area contributed by atoms with Gasteiger partial charge in [0.1, 0.15) is 5.82 Å². The number of nitrogens with zero attached hydrogens (tertiary/aromatic N) is 2. The third-order valence-electron chi connectivity index (χ3n) is 4.13. The van der Waals surface area contributed by atoms with Gasteiger partial charge in [-0.1, -0.05) is 26.0 Å². The predicted molar refractivity (Wildman–Crippen MR) is 82.6 cm³/mol. The van der Waals surface area contributed by atoms with Crippen molar-refractivity contribution in [2.45, 2.75) is 51.6 Å². The third-order valence-corrected chi connectivity index (χ3v) is 4.13. The van der Waals surface area contributed by atoms with Crippen LogP contribution in [0.2, 0.25) is 0 Å². The van der Waals surface area contributed by atoms with Crippen molar-refractivity contribution < 1.29 is 5.11 Å². The molecule has 1 atom stereocenters. The highest BCUT2D eigenvalue weighted by atomic mass is 16.3. The molecule has 2 rings (SSSR count). The molecule has 4 nitrogen and oxygen atoms in total. The zero-order valence-corrected chi connectivity index (χ0v) is 12.5. The predicted octanol–water partition coefficient (Wildman–Crippen LogP) is 2.48. The van der Waals surface area contributed by atoms with Gasteiger partial charge >= 0.3 is 0 Å². The first kappa shape index (κ1) is 15.0. The maximum atomic E-state index is 9.37. The zero-order valence-electron chi connectivity index (χ0n) is 12.5. The van der Waals surface area contributed by atoms with E-state index in [2.05, 4.69) is 28.6 Å². The smallest absolute Gasteiger partial charge is 0.109 e. The lowest BCUT2D eigenvalue weighted by atomic mass is 9.93. The van der Waals surface area contributed by atoms with Gasteiger partial charge in [-0.25, -0.2) is 4.98 Å². The van der Waals surface area contributed by atoms with Crippen LogP contribution < -0.4 is 5.73 Å². The molecular formula is C16H25N3O. The van der Waals surface area contributed by atoms with E-state index in [1.807, 2.05) is 19.1 Å². The first-order chi connectivity index (χ1) is 9.63. The Labute approximate surface area is 120 Å². The average molecular weight is 275 g/mol. The lowest BCUT2D eigenvalue weighted by molar-refractivity contribution is 0.178. The number of nitrogens with two attached hydrogens (primary N) is 1. The normalized spacial score (nSPS) is 14.6. The maximum absolute atomic E-state index is 9.37. The van der Waals surface area contributed by atoms with Crippen LogP contribution in [-0.4, -0.2) is 26.8 Å². The molecule has 20 heavy (non-hydrogen) atoms. The molecule has 1 heterocycles. The molecule has 4 heteroatoms. The molecule has 0 aliphatic heterocycles. The molecular weight excluding hydrogens is 250 g/mol. The molecule has 0 bridgehead atoms. The van der Waals surface area contributed by atoms with Crippen LogP contribution in [0.3, 0.4) is 0 Å². The summed E-state index contributed by atoms with van der Waals surface area (Å²) in [7, 11) is 0. The van der Waals surface area contributed by atoms with Gasteiger partial charge in [0, 0.05) is 18.5 Å². The van der Waals surface area contributed by atoms with Gasteiger partial charge in [-0.3, -0.25) is 0 Å². The number of imidazole rings is 1. The minimum absolute atomic E-state index is 0.0504. The molecule has 0 aliphatic rings. The molecule has 1 aromatic heterocycles. The molecule has 3 N–H and O–H groups in total. The van der Waals surface area contributed by atoms with Gasteiger partial charge in [0.05, 0.1) is 17.6 Å². The summed E-state index contributed by atoms with van der Waals surface area (Å²) in [5, 5.41) is 9.37. The number of aromatic nitrogens is 2. The SMILES string of the molecule is CCc1nc2ccccc2n1CCCC(N)(CC)CO. The average Bonchev–Trinajstić information content (AvgIpc) is 2.85. The van der Waals surface area contributed by atoms with E-state index in [-0.39, 0.29) is 6.61 Å². The van der Waals surface area contributed by atoms with Crippen molar-refractivity contribution in [3.63, 3.8) is 0 Å². The quantitative estimate of drug-likeness (QED) is 0.816. The molecule has 1 aromatic carbocycles. The number of aliphatic hydroxyl groups is 1. The summed E-state index contributed by atoms with van der Waals surface area (Å²) in [5.41, 5.74) is 7.95. The van der Waals surface area contributed by atoms with Crippen LogP contribution in [0.4, 0.5) is 0 Å². The molecule has 0 saturated carbocycles. The number of aryl methyl sites for hydroxylation is 2. The third kappa shape index (κ3) is 3.02. The number of aliphatic hydroxyl groups excluding tert-OH is 1. The monoisotopic (exact) mass is 275 g/mol. The van der Waals surface area contributed by atoms with Crippen molar-refractivity contribution >= 4 is 11.0 Å². The molecule has 2 aromatic rings. The topological polar surface area (TPSA) is 64.1 Å². The van der Waals surface area contributed by atoms with Gasteiger partial charge in [0.15, 0.2) is 0 Å². The van der Waals surface area contributed by atoms with E-state index in [9.17, 15) is 5.11 Å². The second-order valence-corrected chi connectivity index (χ2v) is 5.50. The standard InChI is InChI=1S/C16H25N3O/c1-3-15-18-13-8-5-6-9-14(13)19(15)11-7-10-16(17,4-2)12-20/h5-6,8-9,20H,3-4,7,10-12,17H2,1-2H3. The van der Waals surface area contributed by atoms with Gasteiger partial charge in [0.2, 0.25) is 0 Å². The largest absolute Gasteiger partial charge is 0.394 e. The van der Waals surface area contributed by atoms with Crippen LogP contribution in [0.25, 0.3) is 11.0 Å². The van der Waals surface area contributed by atoms with Crippen LogP contribution in [0, 0.1) is 0 Å². The Balaban J connectivity index is 2.13. The number of fused-ring (bicyclic) bond motifs is 1. The highest BCUT2D eigenvalue weighted by molar-refractivity contribution is 5.75. The second-order valence-electron chi connectivity index (χ2n) is 5.50. The summed E-state index contributed by atoms with van der Waals surface area (Å²) in [6, 6.07) is 8.24. The minimum Gasteiger partial charge on any atom is -0.394 e.